The Kier molecular flexibility index (Phi) is 2.94. The molecule has 66 valence electrons. The molecule has 0 bridgehead atoms. The number of hydrogen-bond donors (Lipinski definition) is 1. The lowest BCUT2D eigenvalue weighted by atomic mass is 10.2. The summed E-state index contributed by atoms with van der Waals surface area (Å²) in [6.07, 6.45) is 4.90. The Hall–Kier alpha value is -1.46. The molecule has 1 amide bonds. The fourth-order valence-electron chi connectivity index (χ4n) is 0.902. The predicted octanol–water partition coefficient (Wildman–Crippen LogP) is 2.22. The normalized spacial score (nSPS) is 9.00. The van der Waals surface area contributed by atoms with Gasteiger partial charge in [0.25, 0.3) is 5.91 Å². The zero-order chi connectivity index (χ0) is 9.84. The van der Waals surface area contributed by atoms with Gasteiger partial charge in [0.2, 0.25) is 0 Å². The zero-order valence-electron chi connectivity index (χ0n) is 7.10. The van der Waals surface area contributed by atoms with Crippen LogP contribution in [0.15, 0.2) is 18.2 Å². The van der Waals surface area contributed by atoms with Crippen molar-refractivity contribution in [2.75, 3.05) is 5.32 Å². The molecule has 0 unspecified atom stereocenters. The van der Waals surface area contributed by atoms with Crippen molar-refractivity contribution < 1.29 is 4.79 Å². The van der Waals surface area contributed by atoms with Crippen molar-refractivity contribution in [2.45, 2.75) is 6.92 Å². The van der Waals surface area contributed by atoms with Crippen LogP contribution in [0.3, 0.4) is 0 Å². The molecule has 0 saturated carbocycles. The molecule has 1 N–H and O–H groups in total. The highest BCUT2D eigenvalue weighted by molar-refractivity contribution is 6.34. The van der Waals surface area contributed by atoms with Crippen LogP contribution < -0.4 is 5.32 Å². The molecule has 3 heteroatoms. The third-order valence-corrected chi connectivity index (χ3v) is 2.07. The average Bonchev–Trinajstić information content (AvgIpc) is 2.13. The summed E-state index contributed by atoms with van der Waals surface area (Å²) < 4.78 is 0. The summed E-state index contributed by atoms with van der Waals surface area (Å²) in [5, 5.41) is 3.01. The lowest BCUT2D eigenvalue weighted by Gasteiger charge is -2.05. The van der Waals surface area contributed by atoms with Gasteiger partial charge >= 0.3 is 0 Å². The molecule has 0 atom stereocenters. The summed E-state index contributed by atoms with van der Waals surface area (Å²) in [7, 11) is 0. The number of carbonyl (C=O) groups excluding carboxylic acids is 1. The van der Waals surface area contributed by atoms with E-state index in [-0.39, 0.29) is 0 Å². The van der Waals surface area contributed by atoms with E-state index in [1.54, 1.807) is 12.1 Å². The molecule has 0 heterocycles. The number of anilines is 1. The van der Waals surface area contributed by atoms with Crippen LogP contribution in [0.2, 0.25) is 5.02 Å². The molecule has 0 aliphatic rings. The van der Waals surface area contributed by atoms with E-state index in [1.165, 1.54) is 0 Å². The highest BCUT2D eigenvalue weighted by Crippen LogP contribution is 2.24. The van der Waals surface area contributed by atoms with Crippen LogP contribution in [-0.4, -0.2) is 5.91 Å². The van der Waals surface area contributed by atoms with E-state index in [0.29, 0.717) is 10.7 Å². The van der Waals surface area contributed by atoms with Crippen LogP contribution in [0, 0.1) is 19.3 Å². The molecule has 0 aromatic heterocycles. The minimum atomic E-state index is -0.493. The maximum atomic E-state index is 10.8. The summed E-state index contributed by atoms with van der Waals surface area (Å²) in [6.45, 7) is 1.86. The van der Waals surface area contributed by atoms with Gasteiger partial charge < -0.3 is 5.32 Å². The number of amides is 1. The molecule has 1 aromatic rings. The van der Waals surface area contributed by atoms with Crippen LogP contribution >= 0.6 is 11.6 Å². The zero-order valence-corrected chi connectivity index (χ0v) is 7.85. The quantitative estimate of drug-likeness (QED) is 0.681. The summed E-state index contributed by atoms with van der Waals surface area (Å²) in [6, 6.07) is 5.35. The Balaban J connectivity index is 2.97. The first-order chi connectivity index (χ1) is 6.15. The highest BCUT2D eigenvalue weighted by Gasteiger charge is 2.04. The van der Waals surface area contributed by atoms with Crippen LogP contribution in [0.25, 0.3) is 0 Å². The molecule has 0 radical (unpaired) electrons. The van der Waals surface area contributed by atoms with Gasteiger partial charge in [0.05, 0.1) is 10.7 Å². The van der Waals surface area contributed by atoms with Gasteiger partial charge in [-0.15, -0.1) is 6.42 Å². The van der Waals surface area contributed by atoms with Crippen LogP contribution in [-0.2, 0) is 4.79 Å². The second-order valence-electron chi connectivity index (χ2n) is 2.53. The summed E-state index contributed by atoms with van der Waals surface area (Å²) >= 11 is 5.91. The molecule has 0 fully saturated rings. The molecule has 0 spiro atoms. The molecule has 1 rings (SSSR count). The van der Waals surface area contributed by atoms with Gasteiger partial charge in [0, 0.05) is 0 Å². The van der Waals surface area contributed by atoms with E-state index >= 15 is 0 Å². The van der Waals surface area contributed by atoms with Crippen molar-refractivity contribution in [1.29, 1.82) is 0 Å². The summed E-state index contributed by atoms with van der Waals surface area (Å²) in [5.41, 5.74) is 1.45. The van der Waals surface area contributed by atoms with Crippen molar-refractivity contribution in [3.8, 4) is 12.3 Å². The number of terminal acetylenes is 1. The maximum absolute atomic E-state index is 10.8. The fourth-order valence-corrected chi connectivity index (χ4v) is 1.08. The van der Waals surface area contributed by atoms with Crippen molar-refractivity contribution in [3.63, 3.8) is 0 Å². The number of benzene rings is 1. The van der Waals surface area contributed by atoms with E-state index in [1.807, 2.05) is 18.9 Å². The lowest BCUT2D eigenvalue weighted by Crippen LogP contribution is -2.08. The average molecular weight is 194 g/mol. The molecule has 13 heavy (non-hydrogen) atoms. The van der Waals surface area contributed by atoms with Crippen molar-refractivity contribution in [3.05, 3.63) is 28.8 Å². The number of carbonyl (C=O) groups is 1. The van der Waals surface area contributed by atoms with E-state index in [2.05, 4.69) is 5.32 Å². The molecule has 1 aromatic carbocycles. The number of nitrogens with one attached hydrogen (secondary N) is 1. The van der Waals surface area contributed by atoms with Gasteiger partial charge in [-0.3, -0.25) is 4.79 Å². The van der Waals surface area contributed by atoms with Gasteiger partial charge in [-0.2, -0.15) is 0 Å². The second kappa shape index (κ2) is 3.97. The number of aryl methyl sites for hydroxylation is 1. The molecule has 0 saturated heterocycles. The summed E-state index contributed by atoms with van der Waals surface area (Å²) in [5.74, 6) is 1.46. The van der Waals surface area contributed by atoms with Crippen molar-refractivity contribution in [2.24, 2.45) is 0 Å². The number of rotatable bonds is 1. The molecule has 0 aliphatic carbocycles. The van der Waals surface area contributed by atoms with Crippen molar-refractivity contribution in [1.82, 2.24) is 0 Å². The molecular weight excluding hydrogens is 186 g/mol. The van der Waals surface area contributed by atoms with E-state index in [0.717, 1.165) is 5.56 Å². The van der Waals surface area contributed by atoms with Gasteiger partial charge in [-0.1, -0.05) is 23.7 Å². The van der Waals surface area contributed by atoms with Crippen LogP contribution in [0.1, 0.15) is 5.56 Å². The minimum Gasteiger partial charge on any atom is -0.314 e. The predicted molar refractivity (Wildman–Crippen MR) is 53.7 cm³/mol. The van der Waals surface area contributed by atoms with E-state index < -0.39 is 5.91 Å². The largest absolute Gasteiger partial charge is 0.314 e. The second-order valence-corrected chi connectivity index (χ2v) is 2.91. The minimum absolute atomic E-state index is 0.493. The van der Waals surface area contributed by atoms with Gasteiger partial charge in [0.1, 0.15) is 0 Å². The van der Waals surface area contributed by atoms with Gasteiger partial charge in [0.15, 0.2) is 0 Å². The lowest BCUT2D eigenvalue weighted by molar-refractivity contribution is -0.111. The number of halogens is 1. The highest BCUT2D eigenvalue weighted by atomic mass is 35.5. The van der Waals surface area contributed by atoms with E-state index in [4.69, 9.17) is 18.0 Å². The monoisotopic (exact) mass is 193 g/mol. The first-order valence-corrected chi connectivity index (χ1v) is 4.05. The Morgan fingerprint density at radius 1 is 1.62 bits per heavy atom. The van der Waals surface area contributed by atoms with Gasteiger partial charge in [-0.25, -0.2) is 0 Å². The maximum Gasteiger partial charge on any atom is 0.300 e. The SMILES string of the molecule is C#CC(=O)Nc1cccc(C)c1Cl. The standard InChI is InChI=1S/C10H8ClNO/c1-3-9(13)12-8-6-4-5-7(2)10(8)11/h1,4-6H,2H3,(H,12,13). The van der Waals surface area contributed by atoms with Crippen LogP contribution in [0.4, 0.5) is 5.69 Å². The summed E-state index contributed by atoms with van der Waals surface area (Å²) in [4.78, 5) is 10.8. The third kappa shape index (κ3) is 2.24. The first-order valence-electron chi connectivity index (χ1n) is 3.68. The Morgan fingerprint density at radius 3 is 2.92 bits per heavy atom. The molecule has 2 nitrogen and oxygen atoms in total. The Bertz CT molecular complexity index is 379. The molecule has 0 aliphatic heterocycles. The Morgan fingerprint density at radius 2 is 2.31 bits per heavy atom. The molecular formula is C10H8ClNO. The van der Waals surface area contributed by atoms with E-state index in [9.17, 15) is 4.79 Å². The Labute approximate surface area is 81.9 Å². The van der Waals surface area contributed by atoms with Crippen LogP contribution in [0.5, 0.6) is 0 Å². The first kappa shape index (κ1) is 9.63. The number of hydrogen-bond acceptors (Lipinski definition) is 1. The fraction of sp³-hybridized carbons (Fsp3) is 0.100. The smallest absolute Gasteiger partial charge is 0.300 e. The third-order valence-electron chi connectivity index (χ3n) is 1.57. The van der Waals surface area contributed by atoms with Gasteiger partial charge in [-0.05, 0) is 24.5 Å². The topological polar surface area (TPSA) is 29.1 Å². The van der Waals surface area contributed by atoms with Crippen molar-refractivity contribution >= 4 is 23.2 Å².